The lowest BCUT2D eigenvalue weighted by Crippen LogP contribution is -2.43. The Morgan fingerprint density at radius 1 is 1.33 bits per heavy atom. The highest BCUT2D eigenvalue weighted by atomic mass is 32.1. The number of rotatable bonds is 6. The predicted molar refractivity (Wildman–Crippen MR) is 117 cm³/mol. The number of carbonyl (C=O) groups excluding carboxylic acids is 1. The number of carbonyl (C=O) groups is 1. The van der Waals surface area contributed by atoms with E-state index in [9.17, 15) is 9.59 Å². The molecule has 1 atom stereocenters. The Morgan fingerprint density at radius 2 is 2.10 bits per heavy atom. The number of aromatic nitrogens is 3. The summed E-state index contributed by atoms with van der Waals surface area (Å²) in [5, 5.41) is 3.66. The first-order valence-electron chi connectivity index (χ1n) is 9.94. The molecule has 8 nitrogen and oxygen atoms in total. The molecule has 0 saturated carbocycles. The van der Waals surface area contributed by atoms with E-state index in [1.807, 2.05) is 49.1 Å². The molecule has 1 aromatic carbocycles. The first-order valence-corrected chi connectivity index (χ1v) is 10.8. The van der Waals surface area contributed by atoms with Gasteiger partial charge in [-0.25, -0.2) is 9.97 Å². The Hall–Kier alpha value is -2.78. The van der Waals surface area contributed by atoms with Crippen molar-refractivity contribution in [1.29, 1.82) is 0 Å². The van der Waals surface area contributed by atoms with E-state index in [-0.39, 0.29) is 17.5 Å². The number of amides is 1. The number of hydrogen-bond acceptors (Lipinski definition) is 7. The second-order valence-corrected chi connectivity index (χ2v) is 8.79. The quantitative estimate of drug-likeness (QED) is 0.627. The number of thiazole rings is 1. The molecule has 1 aliphatic rings. The van der Waals surface area contributed by atoms with E-state index in [4.69, 9.17) is 4.74 Å². The standard InChI is InChI=1S/C21H25N5O3S/c1-21(2,29-3)19-24-17(28)15-18(25-19)30-20(23-15)26-11-7-10-14(26)16(27)22-12-13-8-5-4-6-9-13/h4-6,8-9,14H,7,10-12H2,1-3H3,(H,22,27)(H,24,25,28)/t14-/m1/s1. The maximum absolute atomic E-state index is 12.8. The Balaban J connectivity index is 1.57. The summed E-state index contributed by atoms with van der Waals surface area (Å²) in [6, 6.07) is 9.52. The number of H-pyrrole nitrogens is 1. The number of aromatic amines is 1. The average molecular weight is 428 g/mol. The van der Waals surface area contributed by atoms with Crippen molar-refractivity contribution in [1.82, 2.24) is 20.3 Å². The average Bonchev–Trinajstić information content (AvgIpc) is 3.40. The van der Waals surface area contributed by atoms with Crippen molar-refractivity contribution in [2.75, 3.05) is 18.6 Å². The van der Waals surface area contributed by atoms with Crippen molar-refractivity contribution in [3.63, 3.8) is 0 Å². The minimum absolute atomic E-state index is 0.0290. The number of anilines is 1. The molecule has 0 spiro atoms. The molecule has 2 N–H and O–H groups in total. The zero-order valence-electron chi connectivity index (χ0n) is 17.3. The molecule has 0 aliphatic carbocycles. The van der Waals surface area contributed by atoms with Crippen LogP contribution >= 0.6 is 11.3 Å². The lowest BCUT2D eigenvalue weighted by Gasteiger charge is -2.23. The van der Waals surface area contributed by atoms with Gasteiger partial charge in [-0.3, -0.25) is 9.59 Å². The third kappa shape index (κ3) is 3.95. The molecule has 1 fully saturated rings. The van der Waals surface area contributed by atoms with Gasteiger partial charge in [-0.15, -0.1) is 0 Å². The van der Waals surface area contributed by atoms with Crippen LogP contribution in [0.3, 0.4) is 0 Å². The van der Waals surface area contributed by atoms with Crippen LogP contribution < -0.4 is 15.8 Å². The molecule has 158 valence electrons. The van der Waals surface area contributed by atoms with Crippen molar-refractivity contribution in [2.45, 2.75) is 44.9 Å². The molecule has 1 aliphatic heterocycles. The third-order valence-electron chi connectivity index (χ3n) is 5.45. The van der Waals surface area contributed by atoms with Gasteiger partial charge in [0.05, 0.1) is 0 Å². The SMILES string of the molecule is COC(C)(C)c1nc2sc(N3CCC[C@@H]3C(=O)NCc3ccccc3)nc2c(=O)[nH]1. The molecule has 4 rings (SSSR count). The molecular weight excluding hydrogens is 402 g/mol. The first-order chi connectivity index (χ1) is 14.4. The van der Waals surface area contributed by atoms with Crippen LogP contribution in [0.2, 0.25) is 0 Å². The second-order valence-electron chi connectivity index (χ2n) is 7.83. The van der Waals surface area contributed by atoms with Gasteiger partial charge in [-0.1, -0.05) is 41.7 Å². The summed E-state index contributed by atoms with van der Waals surface area (Å²) < 4.78 is 5.43. The van der Waals surface area contributed by atoms with Crippen molar-refractivity contribution in [3.8, 4) is 0 Å². The molecule has 2 aromatic heterocycles. The minimum Gasteiger partial charge on any atom is -0.371 e. The highest BCUT2D eigenvalue weighted by Gasteiger charge is 2.33. The van der Waals surface area contributed by atoms with Crippen molar-refractivity contribution in [3.05, 3.63) is 52.1 Å². The fraction of sp³-hybridized carbons (Fsp3) is 0.429. The van der Waals surface area contributed by atoms with Crippen LogP contribution in [0.15, 0.2) is 35.1 Å². The van der Waals surface area contributed by atoms with Gasteiger partial charge < -0.3 is 19.9 Å². The van der Waals surface area contributed by atoms with Gasteiger partial charge in [0.15, 0.2) is 15.5 Å². The molecule has 3 aromatic rings. The summed E-state index contributed by atoms with van der Waals surface area (Å²) in [5.41, 5.74) is 0.331. The van der Waals surface area contributed by atoms with Crippen LogP contribution in [-0.4, -0.2) is 40.6 Å². The van der Waals surface area contributed by atoms with Crippen molar-refractivity contribution < 1.29 is 9.53 Å². The van der Waals surface area contributed by atoms with Crippen molar-refractivity contribution in [2.24, 2.45) is 0 Å². The van der Waals surface area contributed by atoms with Crippen LogP contribution in [0, 0.1) is 0 Å². The number of ether oxygens (including phenoxy) is 1. The van der Waals surface area contributed by atoms with Crippen LogP contribution in [0.5, 0.6) is 0 Å². The molecule has 1 amide bonds. The van der Waals surface area contributed by atoms with E-state index < -0.39 is 5.60 Å². The summed E-state index contributed by atoms with van der Waals surface area (Å²) in [5.74, 6) is 0.426. The molecule has 0 radical (unpaired) electrons. The van der Waals surface area contributed by atoms with Gasteiger partial charge in [-0.2, -0.15) is 0 Å². The molecule has 1 saturated heterocycles. The van der Waals surface area contributed by atoms with Crippen molar-refractivity contribution >= 4 is 32.7 Å². The van der Waals surface area contributed by atoms with E-state index in [1.165, 1.54) is 11.3 Å². The first kappa shape index (κ1) is 20.5. The van der Waals surface area contributed by atoms with Crippen LogP contribution in [-0.2, 0) is 21.7 Å². The zero-order chi connectivity index (χ0) is 21.3. The van der Waals surface area contributed by atoms with Gasteiger partial charge >= 0.3 is 0 Å². The highest BCUT2D eigenvalue weighted by molar-refractivity contribution is 7.21. The Bertz CT molecular complexity index is 1110. The number of nitrogens with zero attached hydrogens (tertiary/aromatic N) is 3. The molecule has 0 unspecified atom stereocenters. The van der Waals surface area contributed by atoms with E-state index in [1.54, 1.807) is 7.11 Å². The van der Waals surface area contributed by atoms with E-state index in [0.717, 1.165) is 24.9 Å². The fourth-order valence-corrected chi connectivity index (χ4v) is 4.51. The van der Waals surface area contributed by atoms with Gasteiger partial charge in [0.1, 0.15) is 17.5 Å². The molecule has 9 heteroatoms. The van der Waals surface area contributed by atoms with Crippen LogP contribution in [0.4, 0.5) is 5.13 Å². The summed E-state index contributed by atoms with van der Waals surface area (Å²) in [6.45, 7) is 4.89. The van der Waals surface area contributed by atoms with Crippen LogP contribution in [0.25, 0.3) is 10.3 Å². The van der Waals surface area contributed by atoms with Gasteiger partial charge in [-0.05, 0) is 32.3 Å². The second kappa shape index (κ2) is 8.16. The highest BCUT2D eigenvalue weighted by Crippen LogP contribution is 2.32. The number of fused-ring (bicyclic) bond motifs is 1. The molecule has 0 bridgehead atoms. The topological polar surface area (TPSA) is 100 Å². The smallest absolute Gasteiger partial charge is 0.278 e. The van der Waals surface area contributed by atoms with Gasteiger partial charge in [0.2, 0.25) is 5.91 Å². The van der Waals surface area contributed by atoms with Gasteiger partial charge in [0.25, 0.3) is 5.56 Å². The lowest BCUT2D eigenvalue weighted by molar-refractivity contribution is -0.122. The Morgan fingerprint density at radius 3 is 2.83 bits per heavy atom. The largest absolute Gasteiger partial charge is 0.371 e. The number of methoxy groups -OCH3 is 1. The van der Waals surface area contributed by atoms with E-state index in [0.29, 0.717) is 27.8 Å². The Kier molecular flexibility index (Phi) is 5.57. The third-order valence-corrected chi connectivity index (χ3v) is 6.44. The maximum Gasteiger partial charge on any atom is 0.278 e. The fourth-order valence-electron chi connectivity index (χ4n) is 3.50. The number of benzene rings is 1. The normalized spacial score (nSPS) is 16.9. The lowest BCUT2D eigenvalue weighted by atomic mass is 10.1. The molecular formula is C21H25N5O3S. The molecule has 30 heavy (non-hydrogen) atoms. The molecule has 3 heterocycles. The minimum atomic E-state index is -0.717. The van der Waals surface area contributed by atoms with E-state index >= 15 is 0 Å². The zero-order valence-corrected chi connectivity index (χ0v) is 18.1. The summed E-state index contributed by atoms with van der Waals surface area (Å²) in [7, 11) is 1.57. The van der Waals surface area contributed by atoms with Crippen LogP contribution in [0.1, 0.15) is 38.1 Å². The van der Waals surface area contributed by atoms with E-state index in [2.05, 4.69) is 20.3 Å². The summed E-state index contributed by atoms with van der Waals surface area (Å²) in [6.07, 6.45) is 1.65. The summed E-state index contributed by atoms with van der Waals surface area (Å²) in [4.78, 5) is 39.8. The summed E-state index contributed by atoms with van der Waals surface area (Å²) >= 11 is 1.33. The predicted octanol–water partition coefficient (Wildman–Crippen LogP) is 2.55. The Labute approximate surface area is 178 Å². The monoisotopic (exact) mass is 427 g/mol. The number of hydrogen-bond donors (Lipinski definition) is 2. The maximum atomic E-state index is 12.8. The van der Waals surface area contributed by atoms with Gasteiger partial charge in [0, 0.05) is 20.2 Å². The number of nitrogens with one attached hydrogen (secondary N) is 2.